The molecular formula is C18H17FN2O2. The van der Waals surface area contributed by atoms with Crippen molar-refractivity contribution in [2.45, 2.75) is 26.3 Å². The van der Waals surface area contributed by atoms with E-state index in [4.69, 9.17) is 0 Å². The highest BCUT2D eigenvalue weighted by Gasteiger charge is 2.40. The molecule has 2 aromatic rings. The summed E-state index contributed by atoms with van der Waals surface area (Å²) in [5, 5.41) is 3.00. The van der Waals surface area contributed by atoms with E-state index in [1.807, 2.05) is 26.0 Å². The maximum absolute atomic E-state index is 12.9. The van der Waals surface area contributed by atoms with E-state index in [1.54, 1.807) is 18.2 Å². The van der Waals surface area contributed by atoms with E-state index in [2.05, 4.69) is 5.32 Å². The van der Waals surface area contributed by atoms with Crippen molar-refractivity contribution in [2.75, 3.05) is 10.2 Å². The number of benzene rings is 2. The number of hydrogen-bond donors (Lipinski definition) is 1. The molecule has 5 heteroatoms. The Labute approximate surface area is 133 Å². The van der Waals surface area contributed by atoms with Crippen LogP contribution < -0.4 is 10.2 Å². The molecule has 2 aromatic carbocycles. The normalized spacial score (nSPS) is 17.7. The van der Waals surface area contributed by atoms with Crippen molar-refractivity contribution >= 4 is 23.2 Å². The molecule has 1 saturated heterocycles. The van der Waals surface area contributed by atoms with Crippen molar-refractivity contribution in [3.8, 4) is 0 Å². The van der Waals surface area contributed by atoms with Gasteiger partial charge < -0.3 is 5.32 Å². The van der Waals surface area contributed by atoms with E-state index in [-0.39, 0.29) is 24.1 Å². The van der Waals surface area contributed by atoms with Crippen LogP contribution >= 0.6 is 0 Å². The number of amides is 2. The van der Waals surface area contributed by atoms with Crippen LogP contribution in [0.1, 0.15) is 17.5 Å². The zero-order valence-electron chi connectivity index (χ0n) is 13.0. The standard InChI is InChI=1S/C18H17FN2O2/c1-11-3-8-16(12(2)9-11)21-17(22)10-15(18(21)23)20-14-6-4-13(19)5-7-14/h3-9,15,20H,10H2,1-2H3/t15-/m0/s1. The van der Waals surface area contributed by atoms with Gasteiger partial charge in [-0.3, -0.25) is 9.59 Å². The third-order valence-corrected chi connectivity index (χ3v) is 3.92. The summed E-state index contributed by atoms with van der Waals surface area (Å²) in [4.78, 5) is 26.1. The third-order valence-electron chi connectivity index (χ3n) is 3.92. The molecule has 1 fully saturated rings. The quantitative estimate of drug-likeness (QED) is 0.886. The van der Waals surface area contributed by atoms with Crippen LogP contribution in [0.2, 0.25) is 0 Å². The lowest BCUT2D eigenvalue weighted by Crippen LogP contribution is -2.35. The number of anilines is 2. The molecule has 23 heavy (non-hydrogen) atoms. The number of rotatable bonds is 3. The molecule has 3 rings (SSSR count). The monoisotopic (exact) mass is 312 g/mol. The molecule has 1 heterocycles. The number of carbonyl (C=O) groups is 2. The van der Waals surface area contributed by atoms with E-state index in [9.17, 15) is 14.0 Å². The average Bonchev–Trinajstić information content (AvgIpc) is 2.77. The van der Waals surface area contributed by atoms with E-state index in [0.29, 0.717) is 11.4 Å². The zero-order valence-corrected chi connectivity index (χ0v) is 13.0. The molecule has 0 bridgehead atoms. The van der Waals surface area contributed by atoms with Gasteiger partial charge in [-0.1, -0.05) is 17.7 Å². The summed E-state index contributed by atoms with van der Waals surface area (Å²) in [5.74, 6) is -0.867. The minimum Gasteiger partial charge on any atom is -0.373 e. The molecule has 0 saturated carbocycles. The number of imide groups is 1. The van der Waals surface area contributed by atoms with Gasteiger partial charge in [0, 0.05) is 5.69 Å². The van der Waals surface area contributed by atoms with Crippen LogP contribution in [0.4, 0.5) is 15.8 Å². The number of nitrogens with zero attached hydrogens (tertiary/aromatic N) is 1. The Bertz CT molecular complexity index is 771. The summed E-state index contributed by atoms with van der Waals surface area (Å²) >= 11 is 0. The van der Waals surface area contributed by atoms with Crippen molar-refractivity contribution in [2.24, 2.45) is 0 Å². The largest absolute Gasteiger partial charge is 0.373 e. The Balaban J connectivity index is 1.83. The molecule has 118 valence electrons. The van der Waals surface area contributed by atoms with Gasteiger partial charge in [0.25, 0.3) is 5.91 Å². The van der Waals surface area contributed by atoms with Gasteiger partial charge in [0.05, 0.1) is 12.1 Å². The van der Waals surface area contributed by atoms with Crippen molar-refractivity contribution < 1.29 is 14.0 Å². The number of halogens is 1. The number of nitrogens with one attached hydrogen (secondary N) is 1. The van der Waals surface area contributed by atoms with Crippen molar-refractivity contribution in [3.63, 3.8) is 0 Å². The minimum absolute atomic E-state index is 0.0868. The second kappa shape index (κ2) is 5.83. The topological polar surface area (TPSA) is 49.4 Å². The lowest BCUT2D eigenvalue weighted by molar-refractivity contribution is -0.121. The lowest BCUT2D eigenvalue weighted by Gasteiger charge is -2.18. The first kappa shape index (κ1) is 15.2. The smallest absolute Gasteiger partial charge is 0.256 e. The Morgan fingerprint density at radius 1 is 1.09 bits per heavy atom. The molecule has 1 aliphatic heterocycles. The highest BCUT2D eigenvalue weighted by Crippen LogP contribution is 2.28. The summed E-state index contributed by atoms with van der Waals surface area (Å²) in [6.07, 6.45) is 0.0868. The first-order valence-electron chi connectivity index (χ1n) is 7.42. The van der Waals surface area contributed by atoms with Crippen molar-refractivity contribution in [3.05, 3.63) is 59.4 Å². The van der Waals surface area contributed by atoms with Gasteiger partial charge in [-0.15, -0.1) is 0 Å². The van der Waals surface area contributed by atoms with Crippen LogP contribution in [-0.4, -0.2) is 17.9 Å². The highest BCUT2D eigenvalue weighted by atomic mass is 19.1. The van der Waals surface area contributed by atoms with E-state index in [0.717, 1.165) is 11.1 Å². The summed E-state index contributed by atoms with van der Waals surface area (Å²) < 4.78 is 12.9. The van der Waals surface area contributed by atoms with Gasteiger partial charge in [-0.05, 0) is 49.7 Å². The molecule has 1 atom stereocenters. The molecule has 0 aliphatic carbocycles. The zero-order chi connectivity index (χ0) is 16.6. The summed E-state index contributed by atoms with van der Waals surface area (Å²) in [6, 6.07) is 10.7. The summed E-state index contributed by atoms with van der Waals surface area (Å²) in [5.41, 5.74) is 3.19. The molecule has 0 aromatic heterocycles. The number of aryl methyl sites for hydroxylation is 2. The van der Waals surface area contributed by atoms with Gasteiger partial charge in [-0.2, -0.15) is 0 Å². The molecule has 2 amide bonds. The molecule has 1 N–H and O–H groups in total. The Hall–Kier alpha value is -2.69. The van der Waals surface area contributed by atoms with Crippen LogP contribution in [0.15, 0.2) is 42.5 Å². The van der Waals surface area contributed by atoms with E-state index >= 15 is 0 Å². The van der Waals surface area contributed by atoms with Gasteiger partial charge in [0.15, 0.2) is 0 Å². The van der Waals surface area contributed by atoms with Crippen LogP contribution in [0.3, 0.4) is 0 Å². The molecule has 1 aliphatic rings. The fraction of sp³-hybridized carbons (Fsp3) is 0.222. The summed E-state index contributed by atoms with van der Waals surface area (Å²) in [7, 11) is 0. The maximum atomic E-state index is 12.9. The molecule has 0 spiro atoms. The van der Waals surface area contributed by atoms with Crippen molar-refractivity contribution in [1.82, 2.24) is 0 Å². The number of hydrogen-bond acceptors (Lipinski definition) is 3. The molecule has 0 unspecified atom stereocenters. The Morgan fingerprint density at radius 2 is 1.78 bits per heavy atom. The average molecular weight is 312 g/mol. The molecular weight excluding hydrogens is 295 g/mol. The van der Waals surface area contributed by atoms with Gasteiger partial charge in [0.1, 0.15) is 11.9 Å². The Kier molecular flexibility index (Phi) is 3.86. The first-order chi connectivity index (χ1) is 11.0. The predicted octanol–water partition coefficient (Wildman–Crippen LogP) is 3.19. The third kappa shape index (κ3) is 2.95. The first-order valence-corrected chi connectivity index (χ1v) is 7.42. The fourth-order valence-electron chi connectivity index (χ4n) is 2.80. The SMILES string of the molecule is Cc1ccc(N2C(=O)C[C@H](Nc3ccc(F)cc3)C2=O)c(C)c1. The van der Waals surface area contributed by atoms with Gasteiger partial charge >= 0.3 is 0 Å². The predicted molar refractivity (Wildman–Crippen MR) is 86.8 cm³/mol. The van der Waals surface area contributed by atoms with E-state index in [1.165, 1.54) is 17.0 Å². The lowest BCUT2D eigenvalue weighted by atomic mass is 10.1. The number of carbonyl (C=O) groups excluding carboxylic acids is 2. The second-order valence-electron chi connectivity index (χ2n) is 5.77. The van der Waals surface area contributed by atoms with Crippen LogP contribution in [0.25, 0.3) is 0 Å². The minimum atomic E-state index is -0.631. The van der Waals surface area contributed by atoms with Gasteiger partial charge in [0.2, 0.25) is 5.91 Å². The van der Waals surface area contributed by atoms with Crippen molar-refractivity contribution in [1.29, 1.82) is 0 Å². The van der Waals surface area contributed by atoms with Crippen LogP contribution in [0.5, 0.6) is 0 Å². The summed E-state index contributed by atoms with van der Waals surface area (Å²) in [6.45, 7) is 3.84. The Morgan fingerprint density at radius 3 is 2.43 bits per heavy atom. The second-order valence-corrected chi connectivity index (χ2v) is 5.77. The molecule has 4 nitrogen and oxygen atoms in total. The molecule has 0 radical (unpaired) electrons. The van der Waals surface area contributed by atoms with Gasteiger partial charge in [-0.25, -0.2) is 9.29 Å². The highest BCUT2D eigenvalue weighted by molar-refractivity contribution is 6.23. The van der Waals surface area contributed by atoms with Crippen LogP contribution in [0, 0.1) is 19.7 Å². The van der Waals surface area contributed by atoms with Crippen LogP contribution in [-0.2, 0) is 9.59 Å². The van der Waals surface area contributed by atoms with E-state index < -0.39 is 6.04 Å². The fourth-order valence-corrected chi connectivity index (χ4v) is 2.80. The maximum Gasteiger partial charge on any atom is 0.256 e.